The third-order valence-electron chi connectivity index (χ3n) is 3.13. The van der Waals surface area contributed by atoms with E-state index < -0.39 is 17.7 Å². The normalized spacial score (nSPS) is 12.4. The van der Waals surface area contributed by atoms with E-state index >= 15 is 0 Å². The molecular weight excluding hydrogens is 284 g/mol. The zero-order valence-corrected chi connectivity index (χ0v) is 13.2. The van der Waals surface area contributed by atoms with E-state index in [4.69, 9.17) is 13.9 Å². The van der Waals surface area contributed by atoms with E-state index in [1.54, 1.807) is 25.1 Å². The van der Waals surface area contributed by atoms with Gasteiger partial charge in [0.05, 0.1) is 6.61 Å². The maximum atomic E-state index is 11.8. The highest BCUT2D eigenvalue weighted by Crippen LogP contribution is 2.23. The molecule has 0 aliphatic heterocycles. The van der Waals surface area contributed by atoms with E-state index in [1.165, 1.54) is 6.07 Å². The second-order valence-corrected chi connectivity index (χ2v) is 5.69. The molecule has 0 amide bonds. The number of carbonyl (C=O) groups excluding carboxylic acids is 1. The molecule has 2 rings (SSSR count). The van der Waals surface area contributed by atoms with Crippen molar-refractivity contribution in [3.8, 4) is 5.75 Å². The number of carbonyl (C=O) groups is 1. The summed E-state index contributed by atoms with van der Waals surface area (Å²) in [5.41, 5.74) is 0.860. The van der Waals surface area contributed by atoms with Crippen molar-refractivity contribution in [3.05, 3.63) is 40.2 Å². The molecule has 0 unspecified atom stereocenters. The first-order valence-corrected chi connectivity index (χ1v) is 7.24. The lowest BCUT2D eigenvalue weighted by Gasteiger charge is -2.15. The van der Waals surface area contributed by atoms with Crippen molar-refractivity contribution in [1.29, 1.82) is 0 Å². The monoisotopic (exact) mass is 304 g/mol. The summed E-state index contributed by atoms with van der Waals surface area (Å²) in [5.74, 6) is 0.309. The van der Waals surface area contributed by atoms with E-state index in [-0.39, 0.29) is 5.92 Å². The molecule has 1 aromatic heterocycles. The summed E-state index contributed by atoms with van der Waals surface area (Å²) in [5, 5.41) is 0.835. The van der Waals surface area contributed by atoms with Crippen LogP contribution in [0.4, 0.5) is 0 Å². The van der Waals surface area contributed by atoms with Crippen molar-refractivity contribution >= 4 is 16.9 Å². The molecule has 1 heterocycles. The number of rotatable bonds is 5. The van der Waals surface area contributed by atoms with Crippen LogP contribution in [-0.4, -0.2) is 18.7 Å². The first kappa shape index (κ1) is 16.1. The van der Waals surface area contributed by atoms with Crippen molar-refractivity contribution in [2.24, 2.45) is 5.92 Å². The summed E-state index contributed by atoms with van der Waals surface area (Å²) in [7, 11) is 0. The molecule has 0 aliphatic carbocycles. The molecule has 0 bridgehead atoms. The van der Waals surface area contributed by atoms with Crippen LogP contribution in [0, 0.1) is 12.8 Å². The van der Waals surface area contributed by atoms with E-state index in [2.05, 4.69) is 0 Å². The lowest BCUT2D eigenvalue weighted by molar-refractivity contribution is -0.152. The Hall–Kier alpha value is -2.30. The quantitative estimate of drug-likeness (QED) is 0.627. The smallest absolute Gasteiger partial charge is 0.347 e. The van der Waals surface area contributed by atoms with Gasteiger partial charge in [-0.15, -0.1) is 0 Å². The fourth-order valence-electron chi connectivity index (χ4n) is 2.00. The summed E-state index contributed by atoms with van der Waals surface area (Å²) in [6, 6.07) is 6.58. The lowest BCUT2D eigenvalue weighted by Crippen LogP contribution is -2.27. The van der Waals surface area contributed by atoms with Gasteiger partial charge < -0.3 is 13.9 Å². The molecule has 1 aromatic carbocycles. The third kappa shape index (κ3) is 3.87. The second kappa shape index (κ2) is 6.64. The SMILES string of the molecule is Cc1cc(=O)oc2cc(O[C@H](C)C(=O)OCC(C)C)ccc12. The Bertz CT molecular complexity index is 729. The average Bonchev–Trinajstić information content (AvgIpc) is 2.43. The Morgan fingerprint density at radius 3 is 2.64 bits per heavy atom. The highest BCUT2D eigenvalue weighted by molar-refractivity contribution is 5.81. The van der Waals surface area contributed by atoms with Crippen molar-refractivity contribution < 1.29 is 18.7 Å². The van der Waals surface area contributed by atoms with Crippen molar-refractivity contribution in [3.63, 3.8) is 0 Å². The predicted molar refractivity (Wildman–Crippen MR) is 83.1 cm³/mol. The Labute approximate surface area is 128 Å². The van der Waals surface area contributed by atoms with Gasteiger partial charge in [0.1, 0.15) is 11.3 Å². The molecule has 0 N–H and O–H groups in total. The van der Waals surface area contributed by atoms with Crippen LogP contribution >= 0.6 is 0 Å². The van der Waals surface area contributed by atoms with Gasteiger partial charge in [-0.2, -0.15) is 0 Å². The van der Waals surface area contributed by atoms with E-state index in [0.717, 1.165) is 10.9 Å². The zero-order chi connectivity index (χ0) is 16.3. The Kier molecular flexibility index (Phi) is 4.85. The van der Waals surface area contributed by atoms with Gasteiger partial charge >= 0.3 is 11.6 Å². The molecule has 5 nitrogen and oxygen atoms in total. The summed E-state index contributed by atoms with van der Waals surface area (Å²) >= 11 is 0. The van der Waals surface area contributed by atoms with E-state index in [0.29, 0.717) is 17.9 Å². The molecule has 0 aliphatic rings. The average molecular weight is 304 g/mol. The number of hydrogen-bond acceptors (Lipinski definition) is 5. The Morgan fingerprint density at radius 2 is 1.95 bits per heavy atom. The number of ether oxygens (including phenoxy) is 2. The summed E-state index contributed by atoms with van der Waals surface area (Å²) in [4.78, 5) is 23.2. The first-order chi connectivity index (χ1) is 10.4. The van der Waals surface area contributed by atoms with Crippen LogP contribution in [0.1, 0.15) is 26.3 Å². The maximum absolute atomic E-state index is 11.8. The van der Waals surface area contributed by atoms with Crippen LogP contribution in [0.15, 0.2) is 33.5 Å². The minimum Gasteiger partial charge on any atom is -0.479 e. The number of hydrogen-bond donors (Lipinski definition) is 0. The van der Waals surface area contributed by atoms with Crippen molar-refractivity contribution in [1.82, 2.24) is 0 Å². The maximum Gasteiger partial charge on any atom is 0.347 e. The third-order valence-corrected chi connectivity index (χ3v) is 3.13. The highest BCUT2D eigenvalue weighted by atomic mass is 16.6. The van der Waals surface area contributed by atoms with Crippen LogP contribution in [0.25, 0.3) is 11.0 Å². The largest absolute Gasteiger partial charge is 0.479 e. The topological polar surface area (TPSA) is 65.7 Å². The molecule has 0 radical (unpaired) electrons. The van der Waals surface area contributed by atoms with Crippen LogP contribution in [0.3, 0.4) is 0 Å². The van der Waals surface area contributed by atoms with Crippen molar-refractivity contribution in [2.45, 2.75) is 33.8 Å². The van der Waals surface area contributed by atoms with Gasteiger partial charge in [-0.3, -0.25) is 0 Å². The Morgan fingerprint density at radius 1 is 1.23 bits per heavy atom. The standard InChI is InChI=1S/C17H20O5/c1-10(2)9-20-17(19)12(4)21-13-5-6-14-11(3)7-16(18)22-15(14)8-13/h5-8,10,12H,9H2,1-4H3/t12-/m1/s1. The van der Waals surface area contributed by atoms with Crippen molar-refractivity contribution in [2.75, 3.05) is 6.61 Å². The number of fused-ring (bicyclic) bond motifs is 1. The van der Waals surface area contributed by atoms with Gasteiger partial charge in [0.15, 0.2) is 6.10 Å². The molecule has 5 heteroatoms. The number of aryl methyl sites for hydroxylation is 1. The van der Waals surface area contributed by atoms with Gasteiger partial charge in [0.2, 0.25) is 0 Å². The molecule has 118 valence electrons. The molecule has 0 saturated carbocycles. The molecule has 0 saturated heterocycles. The van der Waals surface area contributed by atoms with Gasteiger partial charge in [0, 0.05) is 17.5 Å². The summed E-state index contributed by atoms with van der Waals surface area (Å²) < 4.78 is 15.8. The number of benzene rings is 1. The summed E-state index contributed by atoms with van der Waals surface area (Å²) in [6.07, 6.45) is -0.729. The molecular formula is C17H20O5. The minimum absolute atomic E-state index is 0.272. The van der Waals surface area contributed by atoms with E-state index in [9.17, 15) is 9.59 Å². The van der Waals surface area contributed by atoms with Gasteiger partial charge in [-0.05, 0) is 37.5 Å². The van der Waals surface area contributed by atoms with Crippen LogP contribution in [-0.2, 0) is 9.53 Å². The van der Waals surface area contributed by atoms with Gasteiger partial charge in [-0.25, -0.2) is 9.59 Å². The molecule has 22 heavy (non-hydrogen) atoms. The highest BCUT2D eigenvalue weighted by Gasteiger charge is 2.17. The van der Waals surface area contributed by atoms with E-state index in [1.807, 2.05) is 20.8 Å². The van der Waals surface area contributed by atoms with Crippen LogP contribution in [0.2, 0.25) is 0 Å². The van der Waals surface area contributed by atoms with Crippen LogP contribution < -0.4 is 10.4 Å². The fraction of sp³-hybridized carbons (Fsp3) is 0.412. The molecule has 1 atom stereocenters. The van der Waals surface area contributed by atoms with Crippen LogP contribution in [0.5, 0.6) is 5.75 Å². The zero-order valence-electron chi connectivity index (χ0n) is 13.2. The number of esters is 1. The first-order valence-electron chi connectivity index (χ1n) is 7.24. The van der Waals surface area contributed by atoms with Gasteiger partial charge in [0.25, 0.3) is 0 Å². The molecule has 0 fully saturated rings. The Balaban J connectivity index is 2.14. The lowest BCUT2D eigenvalue weighted by atomic mass is 10.1. The summed E-state index contributed by atoms with van der Waals surface area (Å²) in [6.45, 7) is 7.75. The second-order valence-electron chi connectivity index (χ2n) is 5.69. The molecule has 0 spiro atoms. The van der Waals surface area contributed by atoms with Gasteiger partial charge in [-0.1, -0.05) is 13.8 Å². The predicted octanol–water partition coefficient (Wildman–Crippen LogP) is 3.07. The fourth-order valence-corrected chi connectivity index (χ4v) is 2.00. The molecule has 2 aromatic rings. The minimum atomic E-state index is -0.729.